The zero-order valence-corrected chi connectivity index (χ0v) is 12.9. The summed E-state index contributed by atoms with van der Waals surface area (Å²) in [6.07, 6.45) is -0.437. The molecule has 0 bridgehead atoms. The van der Waals surface area contributed by atoms with Crippen molar-refractivity contribution in [2.75, 3.05) is 13.3 Å². The summed E-state index contributed by atoms with van der Waals surface area (Å²) < 4.78 is 22.6. The lowest BCUT2D eigenvalue weighted by Crippen LogP contribution is -2.31. The molecule has 122 valence electrons. The minimum atomic E-state index is -3.56. The van der Waals surface area contributed by atoms with Gasteiger partial charge in [-0.2, -0.15) is 0 Å². The van der Waals surface area contributed by atoms with Gasteiger partial charge in [0.05, 0.1) is 12.6 Å². The number of nitrogens with two attached hydrogens (primary N) is 1. The SMILES string of the molecule is COP(=O)(CC[C@H](N)C(=O)O)Oc1cccc(CC(=O)O)c1. The van der Waals surface area contributed by atoms with E-state index >= 15 is 0 Å². The summed E-state index contributed by atoms with van der Waals surface area (Å²) in [5.41, 5.74) is 5.84. The number of carbonyl (C=O) groups is 2. The molecule has 0 aliphatic carbocycles. The average Bonchev–Trinajstić information content (AvgIpc) is 2.44. The van der Waals surface area contributed by atoms with Crippen LogP contribution in [0.4, 0.5) is 0 Å². The molecule has 2 atom stereocenters. The molecular weight excluding hydrogens is 313 g/mol. The Morgan fingerprint density at radius 2 is 2.05 bits per heavy atom. The first-order valence-electron chi connectivity index (χ1n) is 6.39. The molecule has 0 heterocycles. The Morgan fingerprint density at radius 1 is 1.36 bits per heavy atom. The van der Waals surface area contributed by atoms with E-state index in [2.05, 4.69) is 0 Å². The Kier molecular flexibility index (Phi) is 6.55. The van der Waals surface area contributed by atoms with Gasteiger partial charge in [-0.25, -0.2) is 4.57 Å². The monoisotopic (exact) mass is 331 g/mol. The number of carboxylic acids is 2. The minimum absolute atomic E-state index is 0.0741. The van der Waals surface area contributed by atoms with Gasteiger partial charge in [-0.1, -0.05) is 12.1 Å². The van der Waals surface area contributed by atoms with E-state index in [1.54, 1.807) is 12.1 Å². The molecule has 8 nitrogen and oxygen atoms in total. The van der Waals surface area contributed by atoms with Crippen LogP contribution in [0, 0.1) is 0 Å². The van der Waals surface area contributed by atoms with Gasteiger partial charge < -0.3 is 25.0 Å². The lowest BCUT2D eigenvalue weighted by molar-refractivity contribution is -0.138. The van der Waals surface area contributed by atoms with Crippen LogP contribution in [0.2, 0.25) is 0 Å². The van der Waals surface area contributed by atoms with Crippen LogP contribution in [-0.2, 0) is 25.1 Å². The number of hydrogen-bond acceptors (Lipinski definition) is 6. The van der Waals surface area contributed by atoms with E-state index in [1.165, 1.54) is 19.2 Å². The van der Waals surface area contributed by atoms with Crippen molar-refractivity contribution in [2.24, 2.45) is 5.73 Å². The van der Waals surface area contributed by atoms with Crippen LogP contribution in [0.1, 0.15) is 12.0 Å². The van der Waals surface area contributed by atoms with Gasteiger partial charge in [0, 0.05) is 7.11 Å². The number of rotatable bonds is 9. The molecule has 0 saturated heterocycles. The molecule has 0 aliphatic heterocycles. The molecule has 1 rings (SSSR count). The van der Waals surface area contributed by atoms with Crippen molar-refractivity contribution in [1.29, 1.82) is 0 Å². The summed E-state index contributed by atoms with van der Waals surface area (Å²) in [5.74, 6) is -2.02. The van der Waals surface area contributed by atoms with E-state index in [4.69, 9.17) is 25.0 Å². The van der Waals surface area contributed by atoms with Crippen LogP contribution in [-0.4, -0.2) is 41.5 Å². The zero-order chi connectivity index (χ0) is 16.8. The van der Waals surface area contributed by atoms with Gasteiger partial charge in [0.1, 0.15) is 11.8 Å². The molecule has 0 saturated carbocycles. The van der Waals surface area contributed by atoms with Crippen LogP contribution >= 0.6 is 7.60 Å². The second-order valence-corrected chi connectivity index (χ2v) is 6.78. The predicted molar refractivity (Wildman–Crippen MR) is 78.1 cm³/mol. The summed E-state index contributed by atoms with van der Waals surface area (Å²) >= 11 is 0. The Morgan fingerprint density at radius 3 is 2.59 bits per heavy atom. The van der Waals surface area contributed by atoms with Gasteiger partial charge in [0.15, 0.2) is 0 Å². The number of carboxylic acid groups (broad SMARTS) is 2. The topological polar surface area (TPSA) is 136 Å². The van der Waals surface area contributed by atoms with E-state index in [0.717, 1.165) is 0 Å². The van der Waals surface area contributed by atoms with Gasteiger partial charge in [-0.05, 0) is 24.1 Å². The summed E-state index contributed by atoms with van der Waals surface area (Å²) in [5, 5.41) is 17.5. The molecule has 0 radical (unpaired) electrons. The molecule has 1 aromatic rings. The maximum Gasteiger partial charge on any atom is 0.378 e. The molecule has 4 N–H and O–H groups in total. The van der Waals surface area contributed by atoms with Crippen LogP contribution in [0.15, 0.2) is 24.3 Å². The summed E-state index contributed by atoms with van der Waals surface area (Å²) in [7, 11) is -2.37. The lowest BCUT2D eigenvalue weighted by Gasteiger charge is -2.18. The molecule has 0 fully saturated rings. The van der Waals surface area contributed by atoms with Gasteiger partial charge in [-0.3, -0.25) is 9.59 Å². The second kappa shape index (κ2) is 7.93. The first kappa shape index (κ1) is 18.2. The first-order chi connectivity index (χ1) is 10.3. The Balaban J connectivity index is 2.78. The van der Waals surface area contributed by atoms with Gasteiger partial charge in [0.2, 0.25) is 0 Å². The van der Waals surface area contributed by atoms with Crippen molar-refractivity contribution in [3.8, 4) is 5.75 Å². The maximum absolute atomic E-state index is 12.4. The van der Waals surface area contributed by atoms with E-state index in [0.29, 0.717) is 5.56 Å². The lowest BCUT2D eigenvalue weighted by atomic mass is 10.1. The van der Waals surface area contributed by atoms with E-state index in [-0.39, 0.29) is 24.8 Å². The normalized spacial score (nSPS) is 14.8. The third-order valence-corrected chi connectivity index (χ3v) is 4.66. The Bertz CT molecular complexity index is 590. The number of hydrogen-bond donors (Lipinski definition) is 3. The van der Waals surface area contributed by atoms with Crippen LogP contribution in [0.3, 0.4) is 0 Å². The molecule has 1 unspecified atom stereocenters. The standard InChI is InChI=1S/C13H18NO7P/c1-20-22(19,6-5-11(14)13(17)18)21-10-4-2-3-9(7-10)8-12(15)16/h2-4,7,11H,5-6,8,14H2,1H3,(H,15,16)(H,17,18)/t11-,22?/m0/s1. The third kappa shape index (κ3) is 5.85. The van der Waals surface area contributed by atoms with Gasteiger partial charge >= 0.3 is 19.5 Å². The Labute approximate surface area is 127 Å². The van der Waals surface area contributed by atoms with Crippen molar-refractivity contribution >= 4 is 19.5 Å². The highest BCUT2D eigenvalue weighted by Crippen LogP contribution is 2.48. The fraction of sp³-hybridized carbons (Fsp3) is 0.385. The van der Waals surface area contributed by atoms with Crippen molar-refractivity contribution < 1.29 is 33.4 Å². The van der Waals surface area contributed by atoms with Crippen LogP contribution < -0.4 is 10.3 Å². The fourth-order valence-electron chi connectivity index (χ4n) is 1.64. The zero-order valence-electron chi connectivity index (χ0n) is 12.0. The highest BCUT2D eigenvalue weighted by atomic mass is 31.2. The Hall–Kier alpha value is -1.89. The van der Waals surface area contributed by atoms with Crippen molar-refractivity contribution in [2.45, 2.75) is 18.9 Å². The average molecular weight is 331 g/mol. The summed E-state index contributed by atoms with van der Waals surface area (Å²) in [4.78, 5) is 21.3. The summed E-state index contributed by atoms with van der Waals surface area (Å²) in [6.45, 7) is 0. The predicted octanol–water partition coefficient (Wildman–Crippen LogP) is 1.33. The molecule has 0 spiro atoms. The van der Waals surface area contributed by atoms with E-state index in [9.17, 15) is 14.2 Å². The van der Waals surface area contributed by atoms with E-state index < -0.39 is 25.6 Å². The fourth-order valence-corrected chi connectivity index (χ4v) is 3.02. The van der Waals surface area contributed by atoms with Gasteiger partial charge in [-0.15, -0.1) is 0 Å². The third-order valence-electron chi connectivity index (χ3n) is 2.81. The molecule has 9 heteroatoms. The molecule has 0 aliphatic rings. The summed E-state index contributed by atoms with van der Waals surface area (Å²) in [6, 6.07) is 4.95. The number of aliphatic carboxylic acids is 2. The van der Waals surface area contributed by atoms with Crippen molar-refractivity contribution in [3.63, 3.8) is 0 Å². The highest BCUT2D eigenvalue weighted by Gasteiger charge is 2.27. The quantitative estimate of drug-likeness (QED) is 0.577. The largest absolute Gasteiger partial charge is 0.481 e. The van der Waals surface area contributed by atoms with Crippen LogP contribution in [0.25, 0.3) is 0 Å². The maximum atomic E-state index is 12.4. The molecule has 1 aromatic carbocycles. The van der Waals surface area contributed by atoms with Crippen molar-refractivity contribution in [1.82, 2.24) is 0 Å². The van der Waals surface area contributed by atoms with Gasteiger partial charge in [0.25, 0.3) is 0 Å². The minimum Gasteiger partial charge on any atom is -0.481 e. The second-order valence-electron chi connectivity index (χ2n) is 4.56. The highest BCUT2D eigenvalue weighted by molar-refractivity contribution is 7.54. The smallest absolute Gasteiger partial charge is 0.378 e. The molecule has 22 heavy (non-hydrogen) atoms. The van der Waals surface area contributed by atoms with Crippen molar-refractivity contribution in [3.05, 3.63) is 29.8 Å². The molecule has 0 aromatic heterocycles. The molecule has 0 amide bonds. The van der Waals surface area contributed by atoms with E-state index in [1.807, 2.05) is 0 Å². The molecular formula is C13H18NO7P. The number of benzene rings is 1. The first-order valence-corrected chi connectivity index (χ1v) is 8.12. The van der Waals surface area contributed by atoms with Crippen LogP contribution in [0.5, 0.6) is 5.75 Å².